The maximum absolute atomic E-state index is 11.9. The number of hydrogen-bond acceptors (Lipinski definition) is 4. The van der Waals surface area contributed by atoms with Crippen molar-refractivity contribution in [1.29, 1.82) is 0 Å². The fourth-order valence-corrected chi connectivity index (χ4v) is 2.19. The summed E-state index contributed by atoms with van der Waals surface area (Å²) in [5.74, 6) is -0.187. The Morgan fingerprint density at radius 1 is 1.41 bits per heavy atom. The summed E-state index contributed by atoms with van der Waals surface area (Å²) in [5.41, 5.74) is 2.96. The van der Waals surface area contributed by atoms with Gasteiger partial charge in [-0.25, -0.2) is 4.98 Å². The summed E-state index contributed by atoms with van der Waals surface area (Å²) in [5, 5.41) is 9.74. The molecule has 2 heterocycles. The monoisotopic (exact) mass is 250 g/mol. The van der Waals surface area contributed by atoms with Crippen LogP contribution in [0.4, 0.5) is 5.69 Å². The van der Waals surface area contributed by atoms with Crippen molar-refractivity contribution in [3.05, 3.63) is 27.5 Å². The topological polar surface area (TPSA) is 59.8 Å². The second kappa shape index (κ2) is 4.29. The zero-order valence-electron chi connectivity index (χ0n) is 10.2. The summed E-state index contributed by atoms with van der Waals surface area (Å²) < 4.78 is 1.75. The molecule has 0 fully saturated rings. The number of aryl methyl sites for hydroxylation is 3. The molecule has 0 bridgehead atoms. The van der Waals surface area contributed by atoms with E-state index >= 15 is 0 Å². The summed E-state index contributed by atoms with van der Waals surface area (Å²) in [6.07, 6.45) is 0. The molecule has 0 aliphatic rings. The van der Waals surface area contributed by atoms with Crippen molar-refractivity contribution < 1.29 is 4.79 Å². The Morgan fingerprint density at radius 2 is 2.12 bits per heavy atom. The van der Waals surface area contributed by atoms with E-state index in [1.807, 2.05) is 27.8 Å². The molecule has 0 aliphatic carbocycles. The van der Waals surface area contributed by atoms with Gasteiger partial charge in [0.1, 0.15) is 5.69 Å². The molecule has 2 aromatic heterocycles. The average molecular weight is 250 g/mol. The zero-order chi connectivity index (χ0) is 12.6. The standard InChI is InChI=1S/C11H14N4OS/c1-6-10(7(2)15(4)14-6)13-11(16)9-5-17-8(3)12-9/h5H,1-4H3,(H,13,16). The van der Waals surface area contributed by atoms with Crippen LogP contribution in [-0.2, 0) is 7.05 Å². The minimum Gasteiger partial charge on any atom is -0.317 e. The minimum atomic E-state index is -0.187. The molecule has 0 saturated carbocycles. The number of carbonyl (C=O) groups is 1. The lowest BCUT2D eigenvalue weighted by atomic mass is 10.3. The van der Waals surface area contributed by atoms with Gasteiger partial charge in [0.05, 0.1) is 22.1 Å². The predicted octanol–water partition coefficient (Wildman–Crippen LogP) is 2.05. The Kier molecular flexibility index (Phi) is 2.97. The molecule has 0 unspecified atom stereocenters. The number of thiazole rings is 1. The molecular weight excluding hydrogens is 236 g/mol. The number of carbonyl (C=O) groups excluding carboxylic acids is 1. The van der Waals surface area contributed by atoms with E-state index in [2.05, 4.69) is 15.4 Å². The number of nitrogens with zero attached hydrogens (tertiary/aromatic N) is 3. The van der Waals surface area contributed by atoms with Crippen LogP contribution in [0.3, 0.4) is 0 Å². The molecule has 1 N–H and O–H groups in total. The summed E-state index contributed by atoms with van der Waals surface area (Å²) >= 11 is 1.46. The van der Waals surface area contributed by atoms with E-state index in [1.54, 1.807) is 10.1 Å². The summed E-state index contributed by atoms with van der Waals surface area (Å²) in [7, 11) is 1.85. The molecule has 1 amide bonds. The maximum atomic E-state index is 11.9. The van der Waals surface area contributed by atoms with Gasteiger partial charge >= 0.3 is 0 Å². The first-order chi connectivity index (χ1) is 7.99. The second-order valence-electron chi connectivity index (χ2n) is 3.88. The van der Waals surface area contributed by atoms with Crippen molar-refractivity contribution in [3.63, 3.8) is 0 Å². The lowest BCUT2D eigenvalue weighted by Gasteiger charge is -2.03. The highest BCUT2D eigenvalue weighted by Crippen LogP contribution is 2.19. The lowest BCUT2D eigenvalue weighted by Crippen LogP contribution is -2.13. The first-order valence-corrected chi connectivity index (χ1v) is 6.10. The van der Waals surface area contributed by atoms with E-state index in [-0.39, 0.29) is 5.91 Å². The highest BCUT2D eigenvalue weighted by molar-refractivity contribution is 7.09. The van der Waals surface area contributed by atoms with Gasteiger partial charge < -0.3 is 5.32 Å². The van der Waals surface area contributed by atoms with Crippen LogP contribution in [0, 0.1) is 20.8 Å². The molecule has 90 valence electrons. The quantitative estimate of drug-likeness (QED) is 0.887. The van der Waals surface area contributed by atoms with Gasteiger partial charge in [-0.3, -0.25) is 9.48 Å². The van der Waals surface area contributed by atoms with Crippen molar-refractivity contribution in [2.45, 2.75) is 20.8 Å². The van der Waals surface area contributed by atoms with Crippen molar-refractivity contribution in [1.82, 2.24) is 14.8 Å². The molecule has 0 aromatic carbocycles. The molecule has 5 nitrogen and oxygen atoms in total. The first kappa shape index (κ1) is 11.8. The van der Waals surface area contributed by atoms with E-state index in [1.165, 1.54) is 11.3 Å². The van der Waals surface area contributed by atoms with Gasteiger partial charge in [-0.05, 0) is 20.8 Å². The smallest absolute Gasteiger partial charge is 0.275 e. The molecule has 2 aromatic rings. The van der Waals surface area contributed by atoms with Gasteiger partial charge in [0, 0.05) is 12.4 Å². The van der Waals surface area contributed by atoms with Crippen LogP contribution in [0.1, 0.15) is 26.9 Å². The Balaban J connectivity index is 2.24. The number of hydrogen-bond donors (Lipinski definition) is 1. The highest BCUT2D eigenvalue weighted by atomic mass is 32.1. The van der Waals surface area contributed by atoms with Crippen molar-refractivity contribution in [2.24, 2.45) is 7.05 Å². The minimum absolute atomic E-state index is 0.187. The van der Waals surface area contributed by atoms with Crippen molar-refractivity contribution >= 4 is 22.9 Å². The third-order valence-electron chi connectivity index (χ3n) is 2.60. The highest BCUT2D eigenvalue weighted by Gasteiger charge is 2.15. The Hall–Kier alpha value is -1.69. The summed E-state index contributed by atoms with van der Waals surface area (Å²) in [4.78, 5) is 16.1. The summed E-state index contributed by atoms with van der Waals surface area (Å²) in [6, 6.07) is 0. The molecule has 0 saturated heterocycles. The fraction of sp³-hybridized carbons (Fsp3) is 0.364. The molecule has 0 spiro atoms. The number of nitrogens with one attached hydrogen (secondary N) is 1. The van der Waals surface area contributed by atoms with Crippen LogP contribution in [-0.4, -0.2) is 20.7 Å². The van der Waals surface area contributed by atoms with E-state index in [0.29, 0.717) is 5.69 Å². The Bertz CT molecular complexity index is 570. The third kappa shape index (κ3) is 2.21. The zero-order valence-corrected chi connectivity index (χ0v) is 11.1. The predicted molar refractivity (Wildman–Crippen MR) is 67.5 cm³/mol. The van der Waals surface area contributed by atoms with Gasteiger partial charge in [-0.1, -0.05) is 0 Å². The Labute approximate surface area is 103 Å². The molecule has 17 heavy (non-hydrogen) atoms. The lowest BCUT2D eigenvalue weighted by molar-refractivity contribution is 0.102. The molecule has 0 atom stereocenters. The van der Waals surface area contributed by atoms with Crippen LogP contribution < -0.4 is 5.32 Å². The van der Waals surface area contributed by atoms with E-state index in [9.17, 15) is 4.79 Å². The van der Waals surface area contributed by atoms with Crippen LogP contribution in [0.2, 0.25) is 0 Å². The third-order valence-corrected chi connectivity index (χ3v) is 3.37. The van der Waals surface area contributed by atoms with E-state index in [0.717, 1.165) is 22.1 Å². The van der Waals surface area contributed by atoms with Crippen LogP contribution in [0.25, 0.3) is 0 Å². The van der Waals surface area contributed by atoms with Crippen LogP contribution in [0.5, 0.6) is 0 Å². The second-order valence-corrected chi connectivity index (χ2v) is 4.94. The van der Waals surface area contributed by atoms with Gasteiger partial charge in [0.15, 0.2) is 0 Å². The van der Waals surface area contributed by atoms with Gasteiger partial charge in [-0.2, -0.15) is 5.10 Å². The first-order valence-electron chi connectivity index (χ1n) is 5.22. The normalized spacial score (nSPS) is 10.6. The molecule has 2 rings (SSSR count). The van der Waals surface area contributed by atoms with Gasteiger partial charge in [0.2, 0.25) is 0 Å². The van der Waals surface area contributed by atoms with E-state index < -0.39 is 0 Å². The Morgan fingerprint density at radius 3 is 2.59 bits per heavy atom. The number of amides is 1. The number of rotatable bonds is 2. The van der Waals surface area contributed by atoms with Gasteiger partial charge in [0.25, 0.3) is 5.91 Å². The average Bonchev–Trinajstić information content (AvgIpc) is 2.79. The molecule has 0 radical (unpaired) electrons. The molecule has 6 heteroatoms. The number of aromatic nitrogens is 3. The maximum Gasteiger partial charge on any atom is 0.275 e. The van der Waals surface area contributed by atoms with Crippen molar-refractivity contribution in [2.75, 3.05) is 5.32 Å². The van der Waals surface area contributed by atoms with Crippen LogP contribution in [0.15, 0.2) is 5.38 Å². The fourth-order valence-electron chi connectivity index (χ4n) is 1.60. The molecule has 0 aliphatic heterocycles. The molecular formula is C11H14N4OS. The van der Waals surface area contributed by atoms with Gasteiger partial charge in [-0.15, -0.1) is 11.3 Å². The van der Waals surface area contributed by atoms with Crippen LogP contribution >= 0.6 is 11.3 Å². The SMILES string of the molecule is Cc1nc(C(=O)Nc2c(C)nn(C)c2C)cs1. The van der Waals surface area contributed by atoms with Crippen molar-refractivity contribution in [3.8, 4) is 0 Å². The largest absolute Gasteiger partial charge is 0.317 e. The van der Waals surface area contributed by atoms with E-state index in [4.69, 9.17) is 0 Å². The number of anilines is 1. The summed E-state index contributed by atoms with van der Waals surface area (Å²) in [6.45, 7) is 5.67.